The number of aryl methyl sites for hydroxylation is 1. The van der Waals surface area contributed by atoms with E-state index in [1.807, 2.05) is 18.2 Å². The number of fused-ring (bicyclic) bond motifs is 1. The normalized spacial score (nSPS) is 15.2. The van der Waals surface area contributed by atoms with Gasteiger partial charge < -0.3 is 10.6 Å². The summed E-state index contributed by atoms with van der Waals surface area (Å²) in [6.07, 6.45) is 0.968. The number of hydrogen-bond donors (Lipinski definition) is 1. The highest BCUT2D eigenvalue weighted by molar-refractivity contribution is 5.58. The monoisotopic (exact) mass is 270 g/mol. The molecule has 0 bridgehead atoms. The topological polar surface area (TPSA) is 29.3 Å². The number of rotatable bonds is 3. The van der Waals surface area contributed by atoms with Gasteiger partial charge in [-0.1, -0.05) is 30.3 Å². The van der Waals surface area contributed by atoms with Crippen LogP contribution in [0.4, 0.5) is 10.1 Å². The second kappa shape index (κ2) is 5.25. The van der Waals surface area contributed by atoms with Crippen LogP contribution in [0.2, 0.25) is 0 Å². The summed E-state index contributed by atoms with van der Waals surface area (Å²) in [5.41, 5.74) is 10.9. The minimum Gasteiger partial charge on any atom is -0.369 e. The molecule has 1 unspecified atom stereocenters. The summed E-state index contributed by atoms with van der Waals surface area (Å²) in [5.74, 6) is -0.180. The van der Waals surface area contributed by atoms with Gasteiger partial charge in [-0.05, 0) is 42.2 Å². The van der Waals surface area contributed by atoms with Crippen LogP contribution in [0.15, 0.2) is 42.5 Å². The molecular formula is C17H19FN2. The van der Waals surface area contributed by atoms with Crippen molar-refractivity contribution in [2.24, 2.45) is 5.73 Å². The predicted octanol–water partition coefficient (Wildman–Crippen LogP) is 3.20. The molecule has 2 N–H and O–H groups in total. The summed E-state index contributed by atoms with van der Waals surface area (Å²) in [4.78, 5) is 2.19. The molecule has 0 saturated heterocycles. The Labute approximate surface area is 119 Å². The largest absolute Gasteiger partial charge is 0.369 e. The third-order valence-corrected chi connectivity index (χ3v) is 4.04. The van der Waals surface area contributed by atoms with Gasteiger partial charge in [0.25, 0.3) is 0 Å². The van der Waals surface area contributed by atoms with Gasteiger partial charge in [-0.25, -0.2) is 4.39 Å². The fourth-order valence-corrected chi connectivity index (χ4v) is 2.95. The van der Waals surface area contributed by atoms with Crippen LogP contribution >= 0.6 is 0 Å². The van der Waals surface area contributed by atoms with Crippen LogP contribution in [0.5, 0.6) is 0 Å². The Morgan fingerprint density at radius 3 is 2.85 bits per heavy atom. The van der Waals surface area contributed by atoms with Crippen molar-refractivity contribution in [1.29, 1.82) is 0 Å². The quantitative estimate of drug-likeness (QED) is 0.928. The fraction of sp³-hybridized carbons (Fsp3) is 0.294. The third-order valence-electron chi connectivity index (χ3n) is 4.04. The van der Waals surface area contributed by atoms with Crippen LogP contribution < -0.4 is 10.6 Å². The number of hydrogen-bond acceptors (Lipinski definition) is 2. The molecule has 20 heavy (non-hydrogen) atoms. The lowest BCUT2D eigenvalue weighted by molar-refractivity contribution is 0.625. The molecule has 0 spiro atoms. The second-order valence-electron chi connectivity index (χ2n) is 5.43. The van der Waals surface area contributed by atoms with Gasteiger partial charge in [0.2, 0.25) is 0 Å². The molecule has 0 saturated carbocycles. The molecule has 3 rings (SSSR count). The molecule has 1 atom stereocenters. The minimum atomic E-state index is -0.180. The highest BCUT2D eigenvalue weighted by Gasteiger charge is 2.22. The van der Waals surface area contributed by atoms with Crippen molar-refractivity contribution in [1.82, 2.24) is 0 Å². The van der Waals surface area contributed by atoms with Gasteiger partial charge >= 0.3 is 0 Å². The van der Waals surface area contributed by atoms with Crippen LogP contribution in [0.3, 0.4) is 0 Å². The van der Waals surface area contributed by atoms with E-state index in [-0.39, 0.29) is 11.9 Å². The Balaban J connectivity index is 1.80. The molecule has 0 amide bonds. The zero-order valence-electron chi connectivity index (χ0n) is 11.6. The molecule has 1 aliphatic rings. The highest BCUT2D eigenvalue weighted by atomic mass is 19.1. The molecule has 2 aromatic rings. The van der Waals surface area contributed by atoms with E-state index in [1.165, 1.54) is 17.2 Å². The van der Waals surface area contributed by atoms with Crippen molar-refractivity contribution < 1.29 is 4.39 Å². The lowest BCUT2D eigenvalue weighted by atomic mass is 10.0. The van der Waals surface area contributed by atoms with Crippen molar-refractivity contribution in [3.8, 4) is 0 Å². The van der Waals surface area contributed by atoms with Crippen molar-refractivity contribution >= 4 is 5.69 Å². The Kier molecular flexibility index (Phi) is 3.45. The predicted molar refractivity (Wildman–Crippen MR) is 80.4 cm³/mol. The average Bonchev–Trinajstić information content (AvgIpc) is 2.82. The van der Waals surface area contributed by atoms with E-state index in [0.29, 0.717) is 0 Å². The fourth-order valence-electron chi connectivity index (χ4n) is 2.95. The molecule has 2 nitrogen and oxygen atoms in total. The van der Waals surface area contributed by atoms with E-state index in [1.54, 1.807) is 6.07 Å². The van der Waals surface area contributed by atoms with Gasteiger partial charge in [0.1, 0.15) is 5.82 Å². The summed E-state index contributed by atoms with van der Waals surface area (Å²) >= 11 is 0. The van der Waals surface area contributed by atoms with Crippen LogP contribution in [0, 0.1) is 12.7 Å². The zero-order chi connectivity index (χ0) is 14.1. The number of anilines is 1. The highest BCUT2D eigenvalue weighted by Crippen LogP contribution is 2.30. The third kappa shape index (κ3) is 2.41. The molecule has 0 aliphatic carbocycles. The second-order valence-corrected chi connectivity index (χ2v) is 5.43. The Morgan fingerprint density at radius 2 is 2.05 bits per heavy atom. The lowest BCUT2D eigenvalue weighted by Crippen LogP contribution is -2.31. The molecule has 1 heterocycles. The summed E-state index contributed by atoms with van der Waals surface area (Å²) in [6, 6.07) is 13.2. The van der Waals surface area contributed by atoms with Crippen molar-refractivity contribution in [3.63, 3.8) is 0 Å². The molecular weight excluding hydrogens is 251 g/mol. The first-order valence-electron chi connectivity index (χ1n) is 6.99. The molecule has 0 aromatic heterocycles. The Hall–Kier alpha value is -1.87. The summed E-state index contributed by atoms with van der Waals surface area (Å²) in [5, 5.41) is 0. The molecule has 3 heteroatoms. The van der Waals surface area contributed by atoms with Crippen LogP contribution in [-0.4, -0.2) is 13.1 Å². The first-order chi connectivity index (χ1) is 9.65. The van der Waals surface area contributed by atoms with Crippen LogP contribution in [0.1, 0.15) is 22.7 Å². The van der Waals surface area contributed by atoms with Crippen LogP contribution in [-0.2, 0) is 6.42 Å². The molecule has 1 aliphatic heterocycles. The SMILES string of the molecule is Cc1ccccc1C(N)CN1CCc2ccc(F)cc21. The van der Waals surface area contributed by atoms with E-state index in [2.05, 4.69) is 24.0 Å². The molecule has 104 valence electrons. The van der Waals surface area contributed by atoms with E-state index in [0.717, 1.165) is 30.8 Å². The van der Waals surface area contributed by atoms with E-state index >= 15 is 0 Å². The maximum absolute atomic E-state index is 13.4. The van der Waals surface area contributed by atoms with Gasteiger partial charge in [0, 0.05) is 24.8 Å². The van der Waals surface area contributed by atoms with Gasteiger partial charge in [0.05, 0.1) is 0 Å². The number of nitrogens with two attached hydrogens (primary N) is 1. The van der Waals surface area contributed by atoms with Gasteiger partial charge in [-0.15, -0.1) is 0 Å². The van der Waals surface area contributed by atoms with Crippen molar-refractivity contribution in [2.75, 3.05) is 18.0 Å². The standard InChI is InChI=1S/C17H19FN2/c1-12-4-2-3-5-15(12)16(19)11-20-9-8-13-6-7-14(18)10-17(13)20/h2-7,10,16H,8-9,11,19H2,1H3. The van der Waals surface area contributed by atoms with Crippen molar-refractivity contribution in [3.05, 3.63) is 65.0 Å². The van der Waals surface area contributed by atoms with Gasteiger partial charge in [0.15, 0.2) is 0 Å². The number of nitrogens with zero attached hydrogens (tertiary/aromatic N) is 1. The number of halogens is 1. The minimum absolute atomic E-state index is 0.0505. The zero-order valence-corrected chi connectivity index (χ0v) is 11.6. The Morgan fingerprint density at radius 1 is 1.25 bits per heavy atom. The molecule has 2 aromatic carbocycles. The first-order valence-corrected chi connectivity index (χ1v) is 6.99. The smallest absolute Gasteiger partial charge is 0.125 e. The van der Waals surface area contributed by atoms with Gasteiger partial charge in [-0.3, -0.25) is 0 Å². The molecule has 0 radical (unpaired) electrons. The summed E-state index contributed by atoms with van der Waals surface area (Å²) in [6.45, 7) is 3.71. The lowest BCUT2D eigenvalue weighted by Gasteiger charge is -2.24. The van der Waals surface area contributed by atoms with E-state index < -0.39 is 0 Å². The first kappa shape index (κ1) is 13.1. The maximum Gasteiger partial charge on any atom is 0.125 e. The van der Waals surface area contributed by atoms with Crippen molar-refractivity contribution in [2.45, 2.75) is 19.4 Å². The van der Waals surface area contributed by atoms with E-state index in [4.69, 9.17) is 5.73 Å². The summed E-state index contributed by atoms with van der Waals surface area (Å²) < 4.78 is 13.4. The van der Waals surface area contributed by atoms with Crippen LogP contribution in [0.25, 0.3) is 0 Å². The molecule has 0 fully saturated rings. The maximum atomic E-state index is 13.4. The van der Waals surface area contributed by atoms with E-state index in [9.17, 15) is 4.39 Å². The Bertz CT molecular complexity index is 624. The average molecular weight is 270 g/mol. The van der Waals surface area contributed by atoms with Gasteiger partial charge in [-0.2, -0.15) is 0 Å². The number of benzene rings is 2. The summed E-state index contributed by atoms with van der Waals surface area (Å²) in [7, 11) is 0.